The van der Waals surface area contributed by atoms with Crippen LogP contribution in [-0.4, -0.2) is 33.1 Å². The highest BCUT2D eigenvalue weighted by atomic mass is 32.1. The third kappa shape index (κ3) is 5.29. The highest BCUT2D eigenvalue weighted by Crippen LogP contribution is 2.31. The Balaban J connectivity index is 1.76. The molecule has 0 saturated heterocycles. The fourth-order valence-corrected chi connectivity index (χ4v) is 3.85. The van der Waals surface area contributed by atoms with Crippen LogP contribution in [0.2, 0.25) is 0 Å². The Bertz CT molecular complexity index is 1070. The van der Waals surface area contributed by atoms with Crippen molar-refractivity contribution in [2.75, 3.05) is 6.54 Å². The van der Waals surface area contributed by atoms with Crippen LogP contribution in [0.1, 0.15) is 30.2 Å². The van der Waals surface area contributed by atoms with Gasteiger partial charge in [-0.05, 0) is 48.3 Å². The number of aromatic nitrogens is 2. The maximum Gasteiger partial charge on any atom is 0.416 e. The zero-order valence-electron chi connectivity index (χ0n) is 17.2. The monoisotopic (exact) mass is 448 g/mol. The summed E-state index contributed by atoms with van der Waals surface area (Å²) in [6.45, 7) is 1.98. The molecule has 0 fully saturated rings. The van der Waals surface area contributed by atoms with E-state index in [9.17, 15) is 18.0 Å². The zero-order chi connectivity index (χ0) is 22.8. The summed E-state index contributed by atoms with van der Waals surface area (Å²) in [5, 5.41) is 6.99. The Kier molecular flexibility index (Phi) is 6.76. The largest absolute Gasteiger partial charge is 0.416 e. The molecule has 1 aromatic carbocycles. The van der Waals surface area contributed by atoms with E-state index in [0.717, 1.165) is 29.0 Å². The molecule has 1 heterocycles. The number of hydrogen-bond donors (Lipinski definition) is 2. The van der Waals surface area contributed by atoms with Crippen LogP contribution in [0.4, 0.5) is 13.2 Å². The predicted molar refractivity (Wildman–Crippen MR) is 117 cm³/mol. The van der Waals surface area contributed by atoms with E-state index in [4.69, 9.17) is 18.0 Å². The fraction of sp³-hybridized carbons (Fsp3) is 0.318. The SMILES string of the molecule is CC1=C(c2ccnn2C)CC(=S)C(C(=O)N[C@H](CN)Cc2cccc(C(F)(F)F)c2)=C1. The van der Waals surface area contributed by atoms with Gasteiger partial charge < -0.3 is 11.1 Å². The van der Waals surface area contributed by atoms with E-state index in [0.29, 0.717) is 22.4 Å². The smallest absolute Gasteiger partial charge is 0.348 e. The van der Waals surface area contributed by atoms with E-state index in [-0.39, 0.29) is 18.9 Å². The quantitative estimate of drug-likeness (QED) is 0.663. The first kappa shape index (κ1) is 22.9. The molecule has 0 unspecified atom stereocenters. The minimum Gasteiger partial charge on any atom is -0.348 e. The van der Waals surface area contributed by atoms with Crippen LogP contribution < -0.4 is 11.1 Å². The van der Waals surface area contributed by atoms with Crippen molar-refractivity contribution < 1.29 is 18.0 Å². The van der Waals surface area contributed by atoms with Crippen molar-refractivity contribution in [3.63, 3.8) is 0 Å². The maximum atomic E-state index is 13.0. The Morgan fingerprint density at radius 3 is 2.71 bits per heavy atom. The van der Waals surface area contributed by atoms with Crippen LogP contribution >= 0.6 is 12.2 Å². The van der Waals surface area contributed by atoms with Gasteiger partial charge in [0.1, 0.15) is 0 Å². The zero-order valence-corrected chi connectivity index (χ0v) is 18.0. The second kappa shape index (κ2) is 9.15. The Hall–Kier alpha value is -2.78. The van der Waals surface area contributed by atoms with Gasteiger partial charge in [-0.2, -0.15) is 18.3 Å². The van der Waals surface area contributed by atoms with Gasteiger partial charge in [-0.3, -0.25) is 9.48 Å². The maximum absolute atomic E-state index is 13.0. The number of aryl methyl sites for hydroxylation is 1. The molecule has 5 nitrogen and oxygen atoms in total. The highest BCUT2D eigenvalue weighted by Gasteiger charge is 2.30. The summed E-state index contributed by atoms with van der Waals surface area (Å²) in [5.74, 6) is -0.379. The number of benzene rings is 1. The lowest BCUT2D eigenvalue weighted by atomic mass is 9.90. The summed E-state index contributed by atoms with van der Waals surface area (Å²) in [4.78, 5) is 13.4. The lowest BCUT2D eigenvalue weighted by Crippen LogP contribution is -2.43. The Morgan fingerprint density at radius 2 is 2.10 bits per heavy atom. The van der Waals surface area contributed by atoms with Crippen LogP contribution in [0, 0.1) is 0 Å². The number of hydrogen-bond acceptors (Lipinski definition) is 4. The van der Waals surface area contributed by atoms with Crippen molar-refractivity contribution in [2.24, 2.45) is 12.8 Å². The second-order valence-electron chi connectivity index (χ2n) is 7.47. The molecule has 1 aliphatic rings. The summed E-state index contributed by atoms with van der Waals surface area (Å²) >= 11 is 5.48. The first-order valence-electron chi connectivity index (χ1n) is 9.70. The minimum absolute atomic E-state index is 0.0805. The molecule has 0 saturated carbocycles. The fourth-order valence-electron chi connectivity index (χ4n) is 3.55. The van der Waals surface area contributed by atoms with E-state index in [1.54, 1.807) is 23.0 Å². The van der Waals surface area contributed by atoms with E-state index in [1.165, 1.54) is 6.07 Å². The number of nitrogens with two attached hydrogens (primary N) is 1. The standard InChI is InChI=1S/C22H23F3N4OS/c1-13-8-18(20(31)11-17(13)19-6-7-27-29(19)2)21(30)28-16(12-26)10-14-4-3-5-15(9-14)22(23,24)25/h3-9,16H,10-12,26H2,1-2H3,(H,28,30)/t16-/m0/s1. The van der Waals surface area contributed by atoms with E-state index >= 15 is 0 Å². The average molecular weight is 449 g/mol. The van der Waals surface area contributed by atoms with Gasteiger partial charge in [-0.25, -0.2) is 0 Å². The molecule has 1 aliphatic carbocycles. The van der Waals surface area contributed by atoms with Crippen molar-refractivity contribution in [3.05, 3.63) is 70.6 Å². The van der Waals surface area contributed by atoms with Crippen LogP contribution in [0.15, 0.2) is 53.8 Å². The van der Waals surface area contributed by atoms with Crippen molar-refractivity contribution in [1.82, 2.24) is 15.1 Å². The molecule has 3 rings (SSSR count). The van der Waals surface area contributed by atoms with Gasteiger partial charge in [0.25, 0.3) is 5.91 Å². The lowest BCUT2D eigenvalue weighted by molar-refractivity contribution is -0.137. The number of carbonyl (C=O) groups is 1. The van der Waals surface area contributed by atoms with E-state index in [1.807, 2.05) is 20.0 Å². The topological polar surface area (TPSA) is 72.9 Å². The normalized spacial score (nSPS) is 15.7. The molecule has 0 spiro atoms. The van der Waals surface area contributed by atoms with Gasteiger partial charge in [0.05, 0.1) is 16.8 Å². The Labute approximate surface area is 183 Å². The number of rotatable bonds is 6. The summed E-state index contributed by atoms with van der Waals surface area (Å²) in [6, 6.07) is 6.39. The molecular weight excluding hydrogens is 425 g/mol. The first-order valence-corrected chi connectivity index (χ1v) is 10.1. The molecule has 31 heavy (non-hydrogen) atoms. The molecule has 0 aliphatic heterocycles. The first-order chi connectivity index (χ1) is 14.6. The summed E-state index contributed by atoms with van der Waals surface area (Å²) in [5.41, 5.74) is 8.71. The van der Waals surface area contributed by atoms with Gasteiger partial charge in [-0.1, -0.05) is 30.4 Å². The van der Waals surface area contributed by atoms with Crippen molar-refractivity contribution in [2.45, 2.75) is 32.0 Å². The molecule has 164 valence electrons. The Morgan fingerprint density at radius 1 is 1.35 bits per heavy atom. The molecule has 2 aromatic rings. The molecule has 0 bridgehead atoms. The number of thiocarbonyl (C=S) groups is 1. The van der Waals surface area contributed by atoms with Crippen molar-refractivity contribution in [3.8, 4) is 0 Å². The van der Waals surface area contributed by atoms with Gasteiger partial charge in [-0.15, -0.1) is 0 Å². The molecule has 3 N–H and O–H groups in total. The molecule has 9 heteroatoms. The summed E-state index contributed by atoms with van der Waals surface area (Å²) in [6.07, 6.45) is -0.375. The van der Waals surface area contributed by atoms with E-state index < -0.39 is 17.8 Å². The molecule has 1 aromatic heterocycles. The third-order valence-electron chi connectivity index (χ3n) is 5.21. The molecule has 1 amide bonds. The summed E-state index contributed by atoms with van der Waals surface area (Å²) in [7, 11) is 1.84. The molecule has 0 radical (unpaired) electrons. The number of halogens is 3. The highest BCUT2D eigenvalue weighted by molar-refractivity contribution is 7.81. The van der Waals surface area contributed by atoms with Crippen LogP contribution in [-0.2, 0) is 24.4 Å². The number of nitrogens with one attached hydrogen (secondary N) is 1. The summed E-state index contributed by atoms with van der Waals surface area (Å²) < 4.78 is 40.6. The van der Waals surface area contributed by atoms with Gasteiger partial charge in [0, 0.05) is 37.1 Å². The van der Waals surface area contributed by atoms with Crippen LogP contribution in [0.3, 0.4) is 0 Å². The number of nitrogens with zero attached hydrogens (tertiary/aromatic N) is 2. The predicted octanol–water partition coefficient (Wildman–Crippen LogP) is 3.60. The number of allylic oxidation sites excluding steroid dienone is 3. The van der Waals surface area contributed by atoms with Crippen molar-refractivity contribution >= 4 is 28.6 Å². The average Bonchev–Trinajstić information content (AvgIpc) is 3.14. The number of alkyl halides is 3. The van der Waals surface area contributed by atoms with E-state index in [2.05, 4.69) is 10.4 Å². The van der Waals surface area contributed by atoms with Crippen LogP contribution in [0.25, 0.3) is 5.57 Å². The number of amides is 1. The molecular formula is C22H23F3N4OS. The minimum atomic E-state index is -4.42. The number of carbonyl (C=O) groups excluding carboxylic acids is 1. The van der Waals surface area contributed by atoms with Gasteiger partial charge in [0.2, 0.25) is 0 Å². The van der Waals surface area contributed by atoms with Gasteiger partial charge >= 0.3 is 6.18 Å². The third-order valence-corrected chi connectivity index (χ3v) is 5.57. The van der Waals surface area contributed by atoms with Gasteiger partial charge in [0.15, 0.2) is 0 Å². The molecule has 1 atom stereocenters. The lowest BCUT2D eigenvalue weighted by Gasteiger charge is -2.22. The van der Waals surface area contributed by atoms with Crippen molar-refractivity contribution in [1.29, 1.82) is 0 Å². The van der Waals surface area contributed by atoms with Crippen LogP contribution in [0.5, 0.6) is 0 Å². The second-order valence-corrected chi connectivity index (χ2v) is 7.96.